The third kappa shape index (κ3) is 2.99. The maximum Gasteiger partial charge on any atom is 0.182 e. The fourth-order valence-electron chi connectivity index (χ4n) is 9.22. The Kier molecular flexibility index (Phi) is 4.71. The topological polar surface area (TPSA) is 42.2 Å². The summed E-state index contributed by atoms with van der Waals surface area (Å²) in [5.74, 6) is 4.41. The Balaban J connectivity index is 1.26. The fourth-order valence-corrected chi connectivity index (χ4v) is 9.22. The van der Waals surface area contributed by atoms with E-state index in [-0.39, 0.29) is 11.3 Å². The number of nitrogens with zero attached hydrogens (tertiary/aromatic N) is 1. The lowest BCUT2D eigenvalue weighted by Gasteiger charge is -2.56. The molecule has 0 bridgehead atoms. The smallest absolute Gasteiger partial charge is 0.182 e. The van der Waals surface area contributed by atoms with Crippen LogP contribution in [0.5, 0.6) is 0 Å². The van der Waals surface area contributed by atoms with Gasteiger partial charge >= 0.3 is 0 Å². The van der Waals surface area contributed by atoms with E-state index in [1.807, 2.05) is 6.92 Å². The molecule has 1 aromatic carbocycles. The average molecular weight is 434 g/mol. The summed E-state index contributed by atoms with van der Waals surface area (Å²) >= 11 is 0. The summed E-state index contributed by atoms with van der Waals surface area (Å²) in [6.45, 7) is 4.51. The predicted octanol–water partition coefficient (Wildman–Crippen LogP) is 6.38. The van der Waals surface area contributed by atoms with E-state index in [0.717, 1.165) is 54.1 Å². The Morgan fingerprint density at radius 1 is 0.969 bits per heavy atom. The number of carbonyl (C=O) groups is 1. The molecule has 172 valence electrons. The lowest BCUT2D eigenvalue weighted by atomic mass is 9.49. The van der Waals surface area contributed by atoms with Crippen molar-refractivity contribution in [2.24, 2.45) is 48.0 Å². The standard InChI is InChI=1S/C29H39NO2/c1-28(32)14-12-20-19(17-28)8-9-22-21(20)13-15-29(2)23(22)10-11-24(29)27(31)26-16-18-6-4-5-7-25(18)30(26)3/h4-7,16,19-24,32H,8-15,17H2,1-3H3/t19-,20+,21-,22-,23+,24-,28-,29+/m1/s1. The van der Waals surface area contributed by atoms with Crippen LogP contribution in [0, 0.1) is 40.9 Å². The van der Waals surface area contributed by atoms with Gasteiger partial charge in [0.25, 0.3) is 0 Å². The molecule has 3 nitrogen and oxygen atoms in total. The zero-order valence-corrected chi connectivity index (χ0v) is 20.0. The lowest BCUT2D eigenvalue weighted by Crippen LogP contribution is -2.51. The molecule has 0 unspecified atom stereocenters. The SMILES string of the molecule is Cn1c(C(=O)[C@H]2CC[C@H]3[C@@H]4CC[C@@H]5C[C@](C)(O)CC[C@@H]5[C@H]4CC[C@]23C)cc2ccccc21. The molecule has 0 aliphatic heterocycles. The molecule has 6 rings (SSSR count). The van der Waals surface area contributed by atoms with Gasteiger partial charge in [0.1, 0.15) is 0 Å². The highest BCUT2D eigenvalue weighted by molar-refractivity contribution is 6.01. The van der Waals surface area contributed by atoms with Gasteiger partial charge in [-0.15, -0.1) is 0 Å². The molecule has 4 aliphatic carbocycles. The van der Waals surface area contributed by atoms with Crippen LogP contribution in [0.3, 0.4) is 0 Å². The molecule has 4 fully saturated rings. The Hall–Kier alpha value is -1.61. The van der Waals surface area contributed by atoms with E-state index in [0.29, 0.717) is 11.7 Å². The summed E-state index contributed by atoms with van der Waals surface area (Å²) in [6.07, 6.45) is 10.6. The van der Waals surface area contributed by atoms with Crippen molar-refractivity contribution in [1.82, 2.24) is 4.57 Å². The van der Waals surface area contributed by atoms with Gasteiger partial charge in [-0.2, -0.15) is 0 Å². The number of aliphatic hydroxyl groups is 1. The van der Waals surface area contributed by atoms with Gasteiger partial charge in [-0.1, -0.05) is 25.1 Å². The Morgan fingerprint density at radius 2 is 1.75 bits per heavy atom. The van der Waals surface area contributed by atoms with Gasteiger partial charge in [0.15, 0.2) is 5.78 Å². The van der Waals surface area contributed by atoms with Gasteiger partial charge in [-0.25, -0.2) is 0 Å². The third-order valence-electron chi connectivity index (χ3n) is 10.8. The van der Waals surface area contributed by atoms with Crippen molar-refractivity contribution >= 4 is 16.7 Å². The van der Waals surface area contributed by atoms with Crippen LogP contribution in [0.1, 0.15) is 82.1 Å². The van der Waals surface area contributed by atoms with Gasteiger partial charge in [0.05, 0.1) is 11.3 Å². The van der Waals surface area contributed by atoms with E-state index in [1.165, 1.54) is 43.9 Å². The molecule has 0 amide bonds. The molecular formula is C29H39NO2. The van der Waals surface area contributed by atoms with Crippen LogP contribution in [0.4, 0.5) is 0 Å². The number of aryl methyl sites for hydroxylation is 1. The van der Waals surface area contributed by atoms with Crippen molar-refractivity contribution in [3.63, 3.8) is 0 Å². The van der Waals surface area contributed by atoms with Gasteiger partial charge < -0.3 is 9.67 Å². The van der Waals surface area contributed by atoms with Crippen LogP contribution in [0.2, 0.25) is 0 Å². The van der Waals surface area contributed by atoms with E-state index < -0.39 is 5.60 Å². The molecule has 0 radical (unpaired) electrons. The van der Waals surface area contributed by atoms with Crippen LogP contribution in [0.15, 0.2) is 30.3 Å². The number of benzene rings is 1. The predicted molar refractivity (Wildman–Crippen MR) is 128 cm³/mol. The summed E-state index contributed by atoms with van der Waals surface area (Å²) in [5, 5.41) is 11.8. The number of carbonyl (C=O) groups excluding carboxylic acids is 1. The molecule has 1 N–H and O–H groups in total. The number of para-hydroxylation sites is 1. The van der Waals surface area contributed by atoms with Crippen LogP contribution >= 0.6 is 0 Å². The molecule has 4 saturated carbocycles. The van der Waals surface area contributed by atoms with E-state index in [9.17, 15) is 9.90 Å². The summed E-state index contributed by atoms with van der Waals surface area (Å²) in [5.41, 5.74) is 1.77. The molecular weight excluding hydrogens is 394 g/mol. The molecule has 2 aromatic rings. The first kappa shape index (κ1) is 21.0. The maximum atomic E-state index is 13.9. The van der Waals surface area contributed by atoms with Gasteiger partial charge in [-0.3, -0.25) is 4.79 Å². The monoisotopic (exact) mass is 433 g/mol. The minimum Gasteiger partial charge on any atom is -0.390 e. The minimum atomic E-state index is -0.444. The number of rotatable bonds is 2. The third-order valence-corrected chi connectivity index (χ3v) is 10.8. The van der Waals surface area contributed by atoms with E-state index in [4.69, 9.17) is 0 Å². The second-order valence-electron chi connectivity index (χ2n) is 12.4. The van der Waals surface area contributed by atoms with Gasteiger partial charge in [0, 0.05) is 23.9 Å². The van der Waals surface area contributed by atoms with Crippen molar-refractivity contribution in [3.8, 4) is 0 Å². The van der Waals surface area contributed by atoms with Crippen LogP contribution in [-0.4, -0.2) is 21.1 Å². The molecule has 1 heterocycles. The summed E-state index contributed by atoms with van der Waals surface area (Å²) in [7, 11) is 2.06. The van der Waals surface area contributed by atoms with E-state index in [2.05, 4.69) is 48.9 Å². The summed E-state index contributed by atoms with van der Waals surface area (Å²) in [6, 6.07) is 10.5. The second kappa shape index (κ2) is 7.19. The van der Waals surface area contributed by atoms with Crippen molar-refractivity contribution < 1.29 is 9.90 Å². The maximum absolute atomic E-state index is 13.9. The van der Waals surface area contributed by atoms with Gasteiger partial charge in [0.2, 0.25) is 0 Å². The molecule has 1 aromatic heterocycles. The Bertz CT molecular complexity index is 1050. The highest BCUT2D eigenvalue weighted by atomic mass is 16.3. The average Bonchev–Trinajstić information content (AvgIpc) is 3.29. The Morgan fingerprint density at radius 3 is 2.56 bits per heavy atom. The minimum absolute atomic E-state index is 0.154. The highest BCUT2D eigenvalue weighted by Crippen LogP contribution is 2.65. The summed E-state index contributed by atoms with van der Waals surface area (Å²) < 4.78 is 2.12. The number of ketones is 1. The quantitative estimate of drug-likeness (QED) is 0.558. The molecule has 32 heavy (non-hydrogen) atoms. The van der Waals surface area contributed by atoms with E-state index >= 15 is 0 Å². The zero-order valence-electron chi connectivity index (χ0n) is 20.0. The number of hydrogen-bond acceptors (Lipinski definition) is 2. The number of hydrogen-bond donors (Lipinski definition) is 1. The zero-order chi connectivity index (χ0) is 22.3. The largest absolute Gasteiger partial charge is 0.390 e. The molecule has 0 saturated heterocycles. The van der Waals surface area contributed by atoms with Crippen molar-refractivity contribution in [2.45, 2.75) is 77.2 Å². The van der Waals surface area contributed by atoms with Crippen LogP contribution in [0.25, 0.3) is 10.9 Å². The van der Waals surface area contributed by atoms with Gasteiger partial charge in [-0.05, 0) is 112 Å². The first-order chi connectivity index (χ1) is 15.3. The van der Waals surface area contributed by atoms with Crippen LogP contribution in [-0.2, 0) is 7.05 Å². The first-order valence-electron chi connectivity index (χ1n) is 13.1. The highest BCUT2D eigenvalue weighted by Gasteiger charge is 2.59. The number of fused-ring (bicyclic) bond motifs is 6. The second-order valence-corrected chi connectivity index (χ2v) is 12.4. The molecule has 0 spiro atoms. The Labute approximate surface area is 192 Å². The van der Waals surface area contributed by atoms with Crippen molar-refractivity contribution in [2.75, 3.05) is 0 Å². The van der Waals surface area contributed by atoms with E-state index in [1.54, 1.807) is 0 Å². The summed E-state index contributed by atoms with van der Waals surface area (Å²) in [4.78, 5) is 13.9. The normalized spacial score (nSPS) is 43.5. The fraction of sp³-hybridized carbons (Fsp3) is 0.690. The van der Waals surface area contributed by atoms with Crippen molar-refractivity contribution in [1.29, 1.82) is 0 Å². The molecule has 3 heteroatoms. The first-order valence-corrected chi connectivity index (χ1v) is 13.1. The number of aromatic nitrogens is 1. The van der Waals surface area contributed by atoms with Crippen LogP contribution < -0.4 is 0 Å². The van der Waals surface area contributed by atoms with Crippen molar-refractivity contribution in [3.05, 3.63) is 36.0 Å². The molecule has 8 atom stereocenters. The molecule has 4 aliphatic rings. The lowest BCUT2D eigenvalue weighted by molar-refractivity contribution is -0.0976. The number of Topliss-reactive ketones (excluding diaryl/α,β-unsaturated/α-hetero) is 1.